The first-order chi connectivity index (χ1) is 11.3. The third-order valence-corrected chi connectivity index (χ3v) is 4.84. The Hall–Kier alpha value is -2.02. The van der Waals surface area contributed by atoms with Crippen LogP contribution in [0, 0.1) is 0 Å². The second-order valence-electron chi connectivity index (χ2n) is 6.33. The van der Waals surface area contributed by atoms with Crippen molar-refractivity contribution in [3.63, 3.8) is 0 Å². The number of aromatic amines is 1. The molecule has 0 atom stereocenters. The molecule has 1 heterocycles. The first kappa shape index (κ1) is 18.3. The highest BCUT2D eigenvalue weighted by atomic mass is 32.2. The third kappa shape index (κ3) is 4.08. The van der Waals surface area contributed by atoms with Gasteiger partial charge in [0.2, 0.25) is 5.91 Å². The van der Waals surface area contributed by atoms with Crippen molar-refractivity contribution in [2.45, 2.75) is 44.7 Å². The fourth-order valence-corrected chi connectivity index (χ4v) is 3.18. The maximum Gasteiger partial charge on any atom is 0.343 e. The van der Waals surface area contributed by atoms with E-state index in [1.165, 1.54) is 16.3 Å². The van der Waals surface area contributed by atoms with Gasteiger partial charge >= 0.3 is 5.69 Å². The Bertz CT molecular complexity index is 751. The minimum atomic E-state index is -0.287. The van der Waals surface area contributed by atoms with Gasteiger partial charge < -0.3 is 5.32 Å². The molecular formula is C17H24N4O2S. The number of rotatable bonds is 6. The summed E-state index contributed by atoms with van der Waals surface area (Å²) in [6.45, 7) is 8.46. The largest absolute Gasteiger partial charge is 0.343 e. The molecule has 0 bridgehead atoms. The van der Waals surface area contributed by atoms with E-state index in [1.54, 1.807) is 7.05 Å². The molecule has 0 aliphatic rings. The molecule has 130 valence electrons. The topological polar surface area (TPSA) is 79.8 Å². The van der Waals surface area contributed by atoms with Crippen LogP contribution >= 0.6 is 11.8 Å². The van der Waals surface area contributed by atoms with Crippen LogP contribution in [0.1, 0.15) is 50.7 Å². The number of H-pyrrole nitrogens is 1. The zero-order valence-electron chi connectivity index (χ0n) is 14.7. The number of amides is 1. The van der Waals surface area contributed by atoms with E-state index in [2.05, 4.69) is 55.3 Å². The lowest BCUT2D eigenvalue weighted by Crippen LogP contribution is -2.18. The molecule has 1 aromatic carbocycles. The van der Waals surface area contributed by atoms with Crippen LogP contribution in [0.25, 0.3) is 0 Å². The van der Waals surface area contributed by atoms with E-state index in [1.807, 2.05) is 6.07 Å². The van der Waals surface area contributed by atoms with E-state index in [0.717, 1.165) is 16.8 Å². The van der Waals surface area contributed by atoms with Crippen LogP contribution < -0.4 is 11.0 Å². The van der Waals surface area contributed by atoms with E-state index < -0.39 is 0 Å². The molecular weight excluding hydrogens is 324 g/mol. The maximum atomic E-state index is 12.4. The molecule has 0 fully saturated rings. The third-order valence-electron chi connectivity index (χ3n) is 3.81. The molecule has 2 aromatic rings. The van der Waals surface area contributed by atoms with Crippen molar-refractivity contribution in [1.29, 1.82) is 0 Å². The van der Waals surface area contributed by atoms with Gasteiger partial charge in [0, 0.05) is 12.7 Å². The highest BCUT2D eigenvalue weighted by molar-refractivity contribution is 7.99. The Balaban J connectivity index is 2.16. The Morgan fingerprint density at radius 2 is 1.83 bits per heavy atom. The molecule has 24 heavy (non-hydrogen) atoms. The molecule has 1 aromatic heterocycles. The van der Waals surface area contributed by atoms with Crippen LogP contribution in [-0.4, -0.2) is 26.4 Å². The molecule has 0 spiro atoms. The summed E-state index contributed by atoms with van der Waals surface area (Å²) in [7, 11) is 1.62. The zero-order valence-corrected chi connectivity index (χ0v) is 15.5. The smallest absolute Gasteiger partial charge is 0.325 e. The van der Waals surface area contributed by atoms with Crippen molar-refractivity contribution in [1.82, 2.24) is 14.8 Å². The number of aromatic nitrogens is 3. The standard InChI is InChI=1S/C17H24N4O2S/c1-10(2)12-7-6-8-13(11(3)4)15(12)18-14(22)9-24-17-20-19-16(23)21(17)5/h6-8,10-11H,9H2,1-5H3,(H,18,22)(H,19,23). The summed E-state index contributed by atoms with van der Waals surface area (Å²) in [5.41, 5.74) is 2.88. The number of thioether (sulfide) groups is 1. The number of para-hydroxylation sites is 1. The minimum Gasteiger partial charge on any atom is -0.325 e. The number of carbonyl (C=O) groups excluding carboxylic acids is 1. The molecule has 6 nitrogen and oxygen atoms in total. The van der Waals surface area contributed by atoms with E-state index >= 15 is 0 Å². The highest BCUT2D eigenvalue weighted by Crippen LogP contribution is 2.32. The number of hydrogen-bond acceptors (Lipinski definition) is 4. The Kier molecular flexibility index (Phi) is 5.88. The minimum absolute atomic E-state index is 0.106. The lowest BCUT2D eigenvalue weighted by Gasteiger charge is -2.20. The lowest BCUT2D eigenvalue weighted by molar-refractivity contribution is -0.113. The average molecular weight is 348 g/mol. The van der Waals surface area contributed by atoms with Crippen LogP contribution in [0.4, 0.5) is 5.69 Å². The summed E-state index contributed by atoms with van der Waals surface area (Å²) < 4.78 is 1.39. The van der Waals surface area contributed by atoms with Gasteiger partial charge in [-0.25, -0.2) is 9.89 Å². The van der Waals surface area contributed by atoms with Crippen LogP contribution in [0.2, 0.25) is 0 Å². The molecule has 0 radical (unpaired) electrons. The van der Waals surface area contributed by atoms with Gasteiger partial charge in [0.15, 0.2) is 5.16 Å². The van der Waals surface area contributed by atoms with Crippen LogP contribution in [0.3, 0.4) is 0 Å². The van der Waals surface area contributed by atoms with Crippen molar-refractivity contribution in [3.8, 4) is 0 Å². The fourth-order valence-electron chi connectivity index (χ4n) is 2.46. The molecule has 0 aliphatic carbocycles. The molecule has 2 rings (SSSR count). The van der Waals surface area contributed by atoms with Crippen LogP contribution in [0.5, 0.6) is 0 Å². The summed E-state index contributed by atoms with van der Waals surface area (Å²) in [4.78, 5) is 23.7. The number of carbonyl (C=O) groups is 1. The van der Waals surface area contributed by atoms with Crippen molar-refractivity contribution >= 4 is 23.4 Å². The normalized spacial score (nSPS) is 11.3. The number of nitrogens with zero attached hydrogens (tertiary/aromatic N) is 2. The summed E-state index contributed by atoms with van der Waals surface area (Å²) in [5.74, 6) is 0.727. The summed E-state index contributed by atoms with van der Waals surface area (Å²) in [6, 6.07) is 6.14. The van der Waals surface area contributed by atoms with Crippen molar-refractivity contribution in [3.05, 3.63) is 39.8 Å². The SMILES string of the molecule is CC(C)c1cccc(C(C)C)c1NC(=O)CSc1n[nH]c(=O)n1C. The van der Waals surface area contributed by atoms with Crippen molar-refractivity contribution in [2.75, 3.05) is 11.1 Å². The van der Waals surface area contributed by atoms with E-state index in [4.69, 9.17) is 0 Å². The molecule has 0 aliphatic heterocycles. The number of nitrogens with one attached hydrogen (secondary N) is 2. The van der Waals surface area contributed by atoms with Gasteiger partial charge in [0.1, 0.15) is 0 Å². The van der Waals surface area contributed by atoms with Gasteiger partial charge in [-0.2, -0.15) is 0 Å². The van der Waals surface area contributed by atoms with Crippen molar-refractivity contribution < 1.29 is 4.79 Å². The molecule has 0 saturated carbocycles. The molecule has 2 N–H and O–H groups in total. The van der Waals surface area contributed by atoms with Gasteiger partial charge in [-0.05, 0) is 23.0 Å². The van der Waals surface area contributed by atoms with Gasteiger partial charge in [-0.15, -0.1) is 5.10 Å². The maximum absolute atomic E-state index is 12.4. The van der Waals surface area contributed by atoms with Gasteiger partial charge in [0.25, 0.3) is 0 Å². The van der Waals surface area contributed by atoms with E-state index in [0.29, 0.717) is 17.0 Å². The average Bonchev–Trinajstić information content (AvgIpc) is 2.84. The van der Waals surface area contributed by atoms with Gasteiger partial charge in [0.05, 0.1) is 5.75 Å². The first-order valence-corrected chi connectivity index (χ1v) is 8.96. The van der Waals surface area contributed by atoms with E-state index in [9.17, 15) is 9.59 Å². The predicted octanol–water partition coefficient (Wildman–Crippen LogP) is 3.09. The highest BCUT2D eigenvalue weighted by Gasteiger charge is 2.16. The van der Waals surface area contributed by atoms with Gasteiger partial charge in [-0.1, -0.05) is 57.7 Å². The molecule has 1 amide bonds. The van der Waals surface area contributed by atoms with Crippen LogP contribution in [0.15, 0.2) is 28.2 Å². The number of hydrogen-bond donors (Lipinski definition) is 2. The van der Waals surface area contributed by atoms with E-state index in [-0.39, 0.29) is 17.3 Å². The summed E-state index contributed by atoms with van der Waals surface area (Å²) >= 11 is 1.23. The quantitative estimate of drug-likeness (QED) is 0.786. The number of benzene rings is 1. The summed E-state index contributed by atoms with van der Waals surface area (Å²) in [6.07, 6.45) is 0. The Morgan fingerprint density at radius 1 is 1.25 bits per heavy atom. The Morgan fingerprint density at radius 3 is 2.29 bits per heavy atom. The number of anilines is 1. The van der Waals surface area contributed by atoms with Crippen LogP contribution in [-0.2, 0) is 11.8 Å². The zero-order chi connectivity index (χ0) is 17.9. The second kappa shape index (κ2) is 7.70. The first-order valence-electron chi connectivity index (χ1n) is 7.98. The predicted molar refractivity (Wildman–Crippen MR) is 97.8 cm³/mol. The monoisotopic (exact) mass is 348 g/mol. The molecule has 7 heteroatoms. The molecule has 0 unspecified atom stereocenters. The van der Waals surface area contributed by atoms with Crippen molar-refractivity contribution in [2.24, 2.45) is 7.05 Å². The Labute approximate surface area is 146 Å². The van der Waals surface area contributed by atoms with Gasteiger partial charge in [-0.3, -0.25) is 9.36 Å². The lowest BCUT2D eigenvalue weighted by atomic mass is 9.92. The summed E-state index contributed by atoms with van der Waals surface area (Å²) in [5, 5.41) is 9.81. The fraction of sp³-hybridized carbons (Fsp3) is 0.471. The molecule has 0 saturated heterocycles. The second-order valence-corrected chi connectivity index (χ2v) is 7.27.